The lowest BCUT2D eigenvalue weighted by Crippen LogP contribution is -2.14. The van der Waals surface area contributed by atoms with Crippen molar-refractivity contribution >= 4 is 34.1 Å². The number of nitro groups is 1. The van der Waals surface area contributed by atoms with Gasteiger partial charge in [0.05, 0.1) is 10.5 Å². The molecule has 0 saturated carbocycles. The van der Waals surface area contributed by atoms with Gasteiger partial charge in [0.15, 0.2) is 5.78 Å². The third-order valence-electron chi connectivity index (χ3n) is 1.95. The van der Waals surface area contributed by atoms with Gasteiger partial charge in [-0.2, -0.15) is 13.2 Å². The van der Waals surface area contributed by atoms with Crippen molar-refractivity contribution in [2.45, 2.75) is 13.1 Å². The van der Waals surface area contributed by atoms with E-state index in [1.165, 1.54) is 22.6 Å². The van der Waals surface area contributed by atoms with Gasteiger partial charge >= 0.3 is 6.18 Å². The molecule has 0 atom stereocenters. The van der Waals surface area contributed by atoms with E-state index in [-0.39, 0.29) is 3.57 Å². The van der Waals surface area contributed by atoms with Crippen LogP contribution in [-0.2, 0) is 6.18 Å². The molecule has 0 aromatic heterocycles. The number of Topliss-reactive ketones (excluding diaryl/α,β-unsaturated/α-hetero) is 1. The van der Waals surface area contributed by atoms with Crippen molar-refractivity contribution in [2.24, 2.45) is 0 Å². The van der Waals surface area contributed by atoms with E-state index in [1.807, 2.05) is 0 Å². The van der Waals surface area contributed by atoms with E-state index in [1.54, 1.807) is 0 Å². The number of carbonyl (C=O) groups excluding carboxylic acids is 1. The van der Waals surface area contributed by atoms with Crippen LogP contribution in [0.3, 0.4) is 0 Å². The minimum Gasteiger partial charge on any atom is -0.294 e. The van der Waals surface area contributed by atoms with Crippen LogP contribution in [0.1, 0.15) is 22.8 Å². The van der Waals surface area contributed by atoms with E-state index in [0.717, 1.165) is 13.0 Å². The third-order valence-corrected chi connectivity index (χ3v) is 2.80. The molecule has 0 aliphatic heterocycles. The second-order valence-electron chi connectivity index (χ2n) is 3.16. The van der Waals surface area contributed by atoms with E-state index >= 15 is 0 Å². The molecule has 92 valence electrons. The van der Waals surface area contributed by atoms with Crippen molar-refractivity contribution in [1.29, 1.82) is 0 Å². The van der Waals surface area contributed by atoms with Crippen molar-refractivity contribution in [2.75, 3.05) is 0 Å². The fourth-order valence-electron chi connectivity index (χ4n) is 1.26. The van der Waals surface area contributed by atoms with Crippen molar-refractivity contribution in [1.82, 2.24) is 0 Å². The highest BCUT2D eigenvalue weighted by atomic mass is 127. The second-order valence-corrected chi connectivity index (χ2v) is 4.32. The molecule has 0 radical (unpaired) electrons. The first-order valence-corrected chi connectivity index (χ1v) is 5.28. The van der Waals surface area contributed by atoms with Crippen molar-refractivity contribution < 1.29 is 22.9 Å². The van der Waals surface area contributed by atoms with Gasteiger partial charge in [-0.15, -0.1) is 0 Å². The van der Waals surface area contributed by atoms with Crippen LogP contribution in [0.4, 0.5) is 18.9 Å². The number of nitro benzene ring substituents is 1. The SMILES string of the molecule is CC(=O)c1cc([N+](=O)[O-])cc(I)c1C(F)(F)F. The number of halogens is 4. The molecule has 0 bridgehead atoms. The maximum Gasteiger partial charge on any atom is 0.418 e. The lowest BCUT2D eigenvalue weighted by atomic mass is 10.0. The summed E-state index contributed by atoms with van der Waals surface area (Å²) in [5, 5.41) is 10.5. The normalized spacial score (nSPS) is 11.4. The summed E-state index contributed by atoms with van der Waals surface area (Å²) in [7, 11) is 0. The summed E-state index contributed by atoms with van der Waals surface area (Å²) < 4.78 is 37.7. The van der Waals surface area contributed by atoms with Crippen LogP contribution in [0.5, 0.6) is 0 Å². The summed E-state index contributed by atoms with van der Waals surface area (Å²) in [5.74, 6) is -0.862. The van der Waals surface area contributed by atoms with Gasteiger partial charge in [0.25, 0.3) is 5.69 Å². The molecule has 0 N–H and O–H groups in total. The Morgan fingerprint density at radius 2 is 1.94 bits per heavy atom. The molecule has 0 saturated heterocycles. The number of hydrogen-bond acceptors (Lipinski definition) is 3. The van der Waals surface area contributed by atoms with Gasteiger partial charge < -0.3 is 0 Å². The maximum absolute atomic E-state index is 12.7. The average molecular weight is 359 g/mol. The van der Waals surface area contributed by atoms with Gasteiger partial charge in [-0.05, 0) is 29.5 Å². The van der Waals surface area contributed by atoms with Crippen LogP contribution in [0.2, 0.25) is 0 Å². The molecule has 0 aliphatic carbocycles. The van der Waals surface area contributed by atoms with Gasteiger partial charge in [0, 0.05) is 21.3 Å². The zero-order chi connectivity index (χ0) is 13.4. The van der Waals surface area contributed by atoms with E-state index in [4.69, 9.17) is 0 Å². The minimum atomic E-state index is -4.72. The number of alkyl halides is 3. The molecule has 4 nitrogen and oxygen atoms in total. The van der Waals surface area contributed by atoms with Gasteiger partial charge in [0.2, 0.25) is 0 Å². The number of carbonyl (C=O) groups is 1. The summed E-state index contributed by atoms with van der Waals surface area (Å²) in [4.78, 5) is 20.8. The summed E-state index contributed by atoms with van der Waals surface area (Å²) >= 11 is 1.33. The number of hydrogen-bond donors (Lipinski definition) is 0. The Kier molecular flexibility index (Phi) is 3.74. The molecule has 8 heteroatoms. The Morgan fingerprint density at radius 3 is 2.29 bits per heavy atom. The highest BCUT2D eigenvalue weighted by Gasteiger charge is 2.38. The molecule has 0 heterocycles. The number of ketones is 1. The summed E-state index contributed by atoms with van der Waals surface area (Å²) in [6.07, 6.45) is -4.72. The molecule has 0 amide bonds. The quantitative estimate of drug-likeness (QED) is 0.352. The van der Waals surface area contributed by atoms with Crippen LogP contribution >= 0.6 is 22.6 Å². The smallest absolute Gasteiger partial charge is 0.294 e. The number of rotatable bonds is 2. The van der Waals surface area contributed by atoms with Crippen LogP contribution in [-0.4, -0.2) is 10.7 Å². The predicted molar refractivity (Wildman–Crippen MR) is 60.8 cm³/mol. The van der Waals surface area contributed by atoms with Gasteiger partial charge in [-0.1, -0.05) is 0 Å². The fourth-order valence-corrected chi connectivity index (χ4v) is 2.18. The van der Waals surface area contributed by atoms with Crippen LogP contribution in [0.25, 0.3) is 0 Å². The van der Waals surface area contributed by atoms with Crippen molar-refractivity contribution in [3.63, 3.8) is 0 Å². The summed E-state index contributed by atoms with van der Waals surface area (Å²) in [6, 6.07) is 1.43. The summed E-state index contributed by atoms with van der Waals surface area (Å²) in [5.41, 5.74) is -2.35. The second kappa shape index (κ2) is 4.59. The Hall–Kier alpha value is -1.19. The maximum atomic E-state index is 12.7. The number of non-ortho nitro benzene ring substituents is 1. The molecule has 1 aromatic carbocycles. The van der Waals surface area contributed by atoms with Gasteiger partial charge in [0.1, 0.15) is 0 Å². The topological polar surface area (TPSA) is 60.2 Å². The van der Waals surface area contributed by atoms with Crippen LogP contribution < -0.4 is 0 Å². The first kappa shape index (κ1) is 13.9. The van der Waals surface area contributed by atoms with Crippen LogP contribution in [0.15, 0.2) is 12.1 Å². The lowest BCUT2D eigenvalue weighted by Gasteiger charge is -2.12. The zero-order valence-corrected chi connectivity index (χ0v) is 10.5. The van der Waals surface area contributed by atoms with Crippen molar-refractivity contribution in [3.05, 3.63) is 36.9 Å². The molecular formula is C9H5F3INO3. The molecule has 0 spiro atoms. The predicted octanol–water partition coefficient (Wildman–Crippen LogP) is 3.42. The van der Waals surface area contributed by atoms with Gasteiger partial charge in [-0.3, -0.25) is 14.9 Å². The monoisotopic (exact) mass is 359 g/mol. The Morgan fingerprint density at radius 1 is 1.41 bits per heavy atom. The number of benzene rings is 1. The molecule has 1 rings (SSSR count). The highest BCUT2D eigenvalue weighted by Crippen LogP contribution is 2.37. The number of nitrogens with zero attached hydrogens (tertiary/aromatic N) is 1. The molecular weight excluding hydrogens is 354 g/mol. The Balaban J connectivity index is 3.61. The molecule has 0 fully saturated rings. The summed E-state index contributed by atoms with van der Waals surface area (Å²) in [6.45, 7) is 0.935. The highest BCUT2D eigenvalue weighted by molar-refractivity contribution is 14.1. The average Bonchev–Trinajstić information content (AvgIpc) is 2.13. The lowest BCUT2D eigenvalue weighted by molar-refractivity contribution is -0.385. The van der Waals surface area contributed by atoms with Crippen molar-refractivity contribution in [3.8, 4) is 0 Å². The standard InChI is InChI=1S/C9H5F3INO3/c1-4(15)6-2-5(14(16)17)3-7(13)8(6)9(10,11)12/h2-3H,1H3. The first-order chi connectivity index (χ1) is 7.64. The Bertz CT molecular complexity index is 499. The first-order valence-electron chi connectivity index (χ1n) is 4.20. The molecule has 1 aromatic rings. The fraction of sp³-hybridized carbons (Fsp3) is 0.222. The van der Waals surface area contributed by atoms with E-state index in [2.05, 4.69) is 0 Å². The zero-order valence-electron chi connectivity index (χ0n) is 8.34. The van der Waals surface area contributed by atoms with Crippen LogP contribution in [0, 0.1) is 13.7 Å². The van der Waals surface area contributed by atoms with E-state index in [9.17, 15) is 28.1 Å². The molecule has 0 aliphatic rings. The third kappa shape index (κ3) is 2.93. The largest absolute Gasteiger partial charge is 0.418 e. The van der Waals surface area contributed by atoms with E-state index < -0.39 is 33.7 Å². The van der Waals surface area contributed by atoms with Gasteiger partial charge in [-0.25, -0.2) is 0 Å². The van der Waals surface area contributed by atoms with E-state index in [0.29, 0.717) is 6.07 Å². The Labute approximate surface area is 107 Å². The molecule has 0 unspecified atom stereocenters. The minimum absolute atomic E-state index is 0.366. The molecule has 17 heavy (non-hydrogen) atoms.